The van der Waals surface area contributed by atoms with Gasteiger partial charge in [-0.25, -0.2) is 0 Å². The number of carbonyl (C=O) groups excluding carboxylic acids is 2. The molecule has 0 atom stereocenters. The normalized spacial score (nSPS) is 14.4. The highest BCUT2D eigenvalue weighted by molar-refractivity contribution is 6.04. The van der Waals surface area contributed by atoms with Crippen molar-refractivity contribution in [1.82, 2.24) is 4.90 Å². The number of hydrogen-bond donors (Lipinski definition) is 1. The SMILES string of the molecule is CCCCCC(=O)N1CCN(c2ccc(NC(=O)c3ccc(C(C)(C)C)cc3)cc2)CC1. The summed E-state index contributed by atoms with van der Waals surface area (Å²) >= 11 is 0. The molecule has 0 unspecified atom stereocenters. The second-order valence-corrected chi connectivity index (χ2v) is 9.65. The number of carbonyl (C=O) groups is 2. The molecule has 1 saturated heterocycles. The molecule has 1 fully saturated rings. The molecule has 2 amide bonds. The molecule has 0 spiro atoms. The second-order valence-electron chi connectivity index (χ2n) is 9.65. The van der Waals surface area contributed by atoms with Crippen molar-refractivity contribution < 1.29 is 9.59 Å². The van der Waals surface area contributed by atoms with Gasteiger partial charge in [-0.05, 0) is 53.8 Å². The minimum atomic E-state index is -0.103. The van der Waals surface area contributed by atoms with Gasteiger partial charge in [-0.3, -0.25) is 9.59 Å². The fourth-order valence-corrected chi connectivity index (χ4v) is 3.98. The van der Waals surface area contributed by atoms with E-state index in [2.05, 4.69) is 37.9 Å². The zero-order chi connectivity index (χ0) is 23.1. The smallest absolute Gasteiger partial charge is 0.255 e. The van der Waals surface area contributed by atoms with Crippen molar-refractivity contribution >= 4 is 23.2 Å². The number of unbranched alkanes of at least 4 members (excludes halogenated alkanes) is 2. The summed E-state index contributed by atoms with van der Waals surface area (Å²) in [5.74, 6) is 0.181. The molecule has 5 heteroatoms. The lowest BCUT2D eigenvalue weighted by Crippen LogP contribution is -2.48. The van der Waals surface area contributed by atoms with E-state index in [9.17, 15) is 9.59 Å². The first kappa shape index (κ1) is 23.8. The quantitative estimate of drug-likeness (QED) is 0.587. The van der Waals surface area contributed by atoms with Crippen LogP contribution in [0.3, 0.4) is 0 Å². The molecule has 2 aromatic carbocycles. The van der Waals surface area contributed by atoms with Crippen LogP contribution in [0.15, 0.2) is 48.5 Å². The highest BCUT2D eigenvalue weighted by Gasteiger charge is 2.21. The van der Waals surface area contributed by atoms with E-state index in [4.69, 9.17) is 0 Å². The third-order valence-electron chi connectivity index (χ3n) is 6.13. The summed E-state index contributed by atoms with van der Waals surface area (Å²) in [6.45, 7) is 11.9. The molecule has 1 aliphatic rings. The lowest BCUT2D eigenvalue weighted by atomic mass is 9.87. The summed E-state index contributed by atoms with van der Waals surface area (Å²) in [5.41, 5.74) is 3.83. The van der Waals surface area contributed by atoms with Gasteiger partial charge in [0.1, 0.15) is 0 Å². The van der Waals surface area contributed by atoms with Crippen molar-refractivity contribution in [2.24, 2.45) is 0 Å². The molecular formula is C27H37N3O2. The largest absolute Gasteiger partial charge is 0.368 e. The highest BCUT2D eigenvalue weighted by Crippen LogP contribution is 2.23. The van der Waals surface area contributed by atoms with Gasteiger partial charge in [0.25, 0.3) is 5.91 Å². The van der Waals surface area contributed by atoms with Crippen LogP contribution in [0.1, 0.15) is 69.3 Å². The van der Waals surface area contributed by atoms with E-state index in [0.717, 1.165) is 56.8 Å². The van der Waals surface area contributed by atoms with Gasteiger partial charge in [0.05, 0.1) is 0 Å². The minimum Gasteiger partial charge on any atom is -0.368 e. The van der Waals surface area contributed by atoms with Crippen molar-refractivity contribution in [2.45, 2.75) is 58.8 Å². The van der Waals surface area contributed by atoms with Crippen LogP contribution in [0.25, 0.3) is 0 Å². The zero-order valence-electron chi connectivity index (χ0n) is 20.0. The first-order valence-electron chi connectivity index (χ1n) is 11.8. The molecule has 5 nitrogen and oxygen atoms in total. The summed E-state index contributed by atoms with van der Waals surface area (Å²) in [5, 5.41) is 2.98. The molecular weight excluding hydrogens is 398 g/mol. The summed E-state index contributed by atoms with van der Waals surface area (Å²) in [6.07, 6.45) is 3.92. The standard InChI is InChI=1S/C27H37N3O2/c1-5-6-7-8-25(31)30-19-17-29(18-20-30)24-15-13-23(14-16-24)28-26(32)21-9-11-22(12-10-21)27(2,3)4/h9-16H,5-8,17-20H2,1-4H3,(H,28,32). The third-order valence-corrected chi connectivity index (χ3v) is 6.13. The van der Waals surface area contributed by atoms with Crippen molar-refractivity contribution in [2.75, 3.05) is 36.4 Å². The fraction of sp³-hybridized carbons (Fsp3) is 0.481. The Hall–Kier alpha value is -2.82. The second kappa shape index (κ2) is 10.7. The number of benzene rings is 2. The molecule has 172 valence electrons. The molecule has 1 heterocycles. The van der Waals surface area contributed by atoms with E-state index in [-0.39, 0.29) is 17.2 Å². The maximum Gasteiger partial charge on any atom is 0.255 e. The third kappa shape index (κ3) is 6.35. The molecule has 0 radical (unpaired) electrons. The van der Waals surface area contributed by atoms with Gasteiger partial charge in [-0.15, -0.1) is 0 Å². The van der Waals surface area contributed by atoms with Crippen LogP contribution < -0.4 is 10.2 Å². The van der Waals surface area contributed by atoms with E-state index in [0.29, 0.717) is 12.0 Å². The molecule has 0 aliphatic carbocycles. The molecule has 0 aromatic heterocycles. The van der Waals surface area contributed by atoms with E-state index in [1.54, 1.807) is 0 Å². The summed E-state index contributed by atoms with van der Waals surface area (Å²) in [6, 6.07) is 15.8. The molecule has 3 rings (SSSR count). The van der Waals surface area contributed by atoms with E-state index >= 15 is 0 Å². The number of rotatable bonds is 7. The van der Waals surface area contributed by atoms with Crippen LogP contribution >= 0.6 is 0 Å². The van der Waals surface area contributed by atoms with Crippen LogP contribution in [0.2, 0.25) is 0 Å². The Kier molecular flexibility index (Phi) is 7.94. The average Bonchev–Trinajstić information content (AvgIpc) is 2.79. The first-order valence-corrected chi connectivity index (χ1v) is 11.8. The van der Waals surface area contributed by atoms with Gasteiger partial charge in [-0.2, -0.15) is 0 Å². The van der Waals surface area contributed by atoms with E-state index < -0.39 is 0 Å². The number of hydrogen-bond acceptors (Lipinski definition) is 3. The lowest BCUT2D eigenvalue weighted by Gasteiger charge is -2.36. The topological polar surface area (TPSA) is 52.7 Å². The molecule has 0 bridgehead atoms. The van der Waals surface area contributed by atoms with Gasteiger partial charge in [-0.1, -0.05) is 52.7 Å². The Morgan fingerprint density at radius 2 is 1.50 bits per heavy atom. The minimum absolute atomic E-state index is 0.0681. The van der Waals surface area contributed by atoms with Crippen LogP contribution in [0.5, 0.6) is 0 Å². The Balaban J connectivity index is 1.51. The maximum atomic E-state index is 12.6. The van der Waals surface area contributed by atoms with Crippen LogP contribution in [0, 0.1) is 0 Å². The Labute approximate surface area is 192 Å². The number of nitrogens with one attached hydrogen (secondary N) is 1. The monoisotopic (exact) mass is 435 g/mol. The number of amides is 2. The number of anilines is 2. The van der Waals surface area contributed by atoms with Crippen LogP contribution in [0.4, 0.5) is 11.4 Å². The lowest BCUT2D eigenvalue weighted by molar-refractivity contribution is -0.131. The van der Waals surface area contributed by atoms with Gasteiger partial charge < -0.3 is 15.1 Å². The average molecular weight is 436 g/mol. The Bertz CT molecular complexity index is 890. The Morgan fingerprint density at radius 1 is 0.875 bits per heavy atom. The van der Waals surface area contributed by atoms with Crippen molar-refractivity contribution in [3.63, 3.8) is 0 Å². The predicted molar refractivity (Wildman–Crippen MR) is 132 cm³/mol. The molecule has 1 aliphatic heterocycles. The van der Waals surface area contributed by atoms with Crippen LogP contribution in [-0.2, 0) is 10.2 Å². The first-order chi connectivity index (χ1) is 15.3. The van der Waals surface area contributed by atoms with Gasteiger partial charge in [0, 0.05) is 49.5 Å². The summed E-state index contributed by atoms with van der Waals surface area (Å²) < 4.78 is 0. The van der Waals surface area contributed by atoms with Gasteiger partial charge in [0.2, 0.25) is 5.91 Å². The van der Waals surface area contributed by atoms with Crippen molar-refractivity contribution in [1.29, 1.82) is 0 Å². The molecule has 32 heavy (non-hydrogen) atoms. The van der Waals surface area contributed by atoms with Gasteiger partial charge in [0.15, 0.2) is 0 Å². The Morgan fingerprint density at radius 3 is 2.06 bits per heavy atom. The number of nitrogens with zero attached hydrogens (tertiary/aromatic N) is 2. The van der Waals surface area contributed by atoms with E-state index in [1.807, 2.05) is 53.4 Å². The van der Waals surface area contributed by atoms with Gasteiger partial charge >= 0.3 is 0 Å². The summed E-state index contributed by atoms with van der Waals surface area (Å²) in [4.78, 5) is 29.2. The van der Waals surface area contributed by atoms with E-state index in [1.165, 1.54) is 5.56 Å². The molecule has 1 N–H and O–H groups in total. The molecule has 0 saturated carbocycles. The fourth-order valence-electron chi connectivity index (χ4n) is 3.98. The van der Waals surface area contributed by atoms with Crippen molar-refractivity contribution in [3.05, 3.63) is 59.7 Å². The molecule has 2 aromatic rings. The number of piperazine rings is 1. The summed E-state index contributed by atoms with van der Waals surface area (Å²) in [7, 11) is 0. The zero-order valence-corrected chi connectivity index (χ0v) is 20.0. The predicted octanol–water partition coefficient (Wildman–Crippen LogP) is 5.47. The van der Waals surface area contributed by atoms with Crippen molar-refractivity contribution in [3.8, 4) is 0 Å². The van der Waals surface area contributed by atoms with Crippen LogP contribution in [-0.4, -0.2) is 42.9 Å². The highest BCUT2D eigenvalue weighted by atomic mass is 16.2. The maximum absolute atomic E-state index is 12.6.